The van der Waals surface area contributed by atoms with E-state index in [1.165, 1.54) is 12.1 Å². The molecule has 1 N–H and O–H groups in total. The van der Waals surface area contributed by atoms with Crippen molar-refractivity contribution in [3.8, 4) is 0 Å². The van der Waals surface area contributed by atoms with E-state index in [2.05, 4.69) is 50.9 Å². The number of carbonyl (C=O) groups is 2. The maximum atomic E-state index is 13.1. The van der Waals surface area contributed by atoms with Gasteiger partial charge < -0.3 is 10.2 Å². The second-order valence-corrected chi connectivity index (χ2v) is 11.2. The standard InChI is InChI=1S/C23H36N2O2/c1-21(2,3)14-20(27)25-13-10-17-15-6-7-18-22(4,11-9-19(26)24-18)16(15)8-12-23(17,25)5/h7,15-17H,6,8-14H2,1-5H3,(H,24,26)/t15-,16+,17+,22-,23+/m1/s1. The molecule has 4 rings (SSSR count). The summed E-state index contributed by atoms with van der Waals surface area (Å²) in [4.78, 5) is 27.2. The van der Waals surface area contributed by atoms with E-state index in [1.807, 2.05) is 0 Å². The largest absolute Gasteiger partial charge is 0.337 e. The van der Waals surface area contributed by atoms with Gasteiger partial charge in [0.05, 0.1) is 0 Å². The van der Waals surface area contributed by atoms with Crippen LogP contribution in [0.3, 0.4) is 0 Å². The normalized spacial score (nSPS) is 41.2. The number of carbonyl (C=O) groups excluding carboxylic acids is 2. The molecule has 3 fully saturated rings. The van der Waals surface area contributed by atoms with E-state index in [4.69, 9.17) is 0 Å². The Kier molecular flexibility index (Phi) is 4.29. The van der Waals surface area contributed by atoms with Crippen molar-refractivity contribution < 1.29 is 9.59 Å². The molecule has 2 heterocycles. The van der Waals surface area contributed by atoms with Gasteiger partial charge in [-0.2, -0.15) is 0 Å². The van der Waals surface area contributed by atoms with Crippen LogP contribution in [0.2, 0.25) is 0 Å². The van der Waals surface area contributed by atoms with Gasteiger partial charge in [-0.25, -0.2) is 0 Å². The number of nitrogens with zero attached hydrogens (tertiary/aromatic N) is 1. The number of rotatable bonds is 1. The minimum Gasteiger partial charge on any atom is -0.337 e. The Hall–Kier alpha value is -1.32. The Morgan fingerprint density at radius 3 is 2.67 bits per heavy atom. The third-order valence-corrected chi connectivity index (χ3v) is 8.23. The van der Waals surface area contributed by atoms with Crippen LogP contribution in [0.4, 0.5) is 0 Å². The highest BCUT2D eigenvalue weighted by Crippen LogP contribution is 2.60. The highest BCUT2D eigenvalue weighted by molar-refractivity contribution is 5.80. The zero-order valence-electron chi connectivity index (χ0n) is 17.7. The summed E-state index contributed by atoms with van der Waals surface area (Å²) in [6.45, 7) is 12.1. The van der Waals surface area contributed by atoms with Crippen molar-refractivity contribution >= 4 is 11.8 Å². The fourth-order valence-corrected chi connectivity index (χ4v) is 6.84. The van der Waals surface area contributed by atoms with Gasteiger partial charge in [-0.05, 0) is 62.2 Å². The van der Waals surface area contributed by atoms with Crippen LogP contribution >= 0.6 is 0 Å². The minimum atomic E-state index is 0.0170. The first kappa shape index (κ1) is 19.0. The summed E-state index contributed by atoms with van der Waals surface area (Å²) in [7, 11) is 0. The number of amides is 2. The molecular formula is C23H36N2O2. The van der Waals surface area contributed by atoms with Crippen LogP contribution in [-0.2, 0) is 9.59 Å². The molecule has 4 heteroatoms. The molecule has 5 atom stereocenters. The van der Waals surface area contributed by atoms with E-state index in [9.17, 15) is 9.59 Å². The fraction of sp³-hybridized carbons (Fsp3) is 0.826. The molecule has 2 aliphatic heterocycles. The van der Waals surface area contributed by atoms with Gasteiger partial charge in [-0.1, -0.05) is 33.8 Å². The molecule has 0 unspecified atom stereocenters. The van der Waals surface area contributed by atoms with Gasteiger partial charge in [0, 0.05) is 36.0 Å². The van der Waals surface area contributed by atoms with Gasteiger partial charge in [-0.3, -0.25) is 9.59 Å². The Balaban J connectivity index is 1.59. The van der Waals surface area contributed by atoms with Gasteiger partial charge in [0.2, 0.25) is 11.8 Å². The van der Waals surface area contributed by atoms with Gasteiger partial charge in [-0.15, -0.1) is 0 Å². The molecule has 0 spiro atoms. The molecule has 2 aliphatic carbocycles. The van der Waals surface area contributed by atoms with Gasteiger partial charge in [0.15, 0.2) is 0 Å². The number of likely N-dealkylation sites (tertiary alicyclic amines) is 1. The maximum absolute atomic E-state index is 13.1. The van der Waals surface area contributed by atoms with Gasteiger partial charge >= 0.3 is 0 Å². The first-order valence-electron chi connectivity index (χ1n) is 10.9. The van der Waals surface area contributed by atoms with E-state index < -0.39 is 0 Å². The molecule has 27 heavy (non-hydrogen) atoms. The molecule has 0 aromatic carbocycles. The average molecular weight is 373 g/mol. The summed E-state index contributed by atoms with van der Waals surface area (Å²) in [5.41, 5.74) is 1.35. The van der Waals surface area contributed by atoms with Crippen LogP contribution < -0.4 is 5.32 Å². The zero-order chi connectivity index (χ0) is 19.6. The number of piperidine rings is 1. The summed E-state index contributed by atoms with van der Waals surface area (Å²) in [5.74, 6) is 2.38. The molecule has 4 aliphatic rings. The molecule has 2 amide bonds. The lowest BCUT2D eigenvalue weighted by Crippen LogP contribution is -2.58. The molecule has 0 bridgehead atoms. The summed E-state index contributed by atoms with van der Waals surface area (Å²) in [6.07, 6.45) is 9.03. The van der Waals surface area contributed by atoms with E-state index in [1.54, 1.807) is 0 Å². The van der Waals surface area contributed by atoms with Crippen LogP contribution in [0.1, 0.15) is 79.6 Å². The highest BCUT2D eigenvalue weighted by atomic mass is 16.2. The molecule has 150 valence electrons. The Labute approximate surface area is 164 Å². The smallest absolute Gasteiger partial charge is 0.224 e. The predicted molar refractivity (Wildman–Crippen MR) is 107 cm³/mol. The first-order chi connectivity index (χ1) is 12.5. The van der Waals surface area contributed by atoms with Crippen molar-refractivity contribution in [2.24, 2.45) is 28.6 Å². The van der Waals surface area contributed by atoms with Crippen LogP contribution in [-0.4, -0.2) is 28.8 Å². The molecular weight excluding hydrogens is 336 g/mol. The topological polar surface area (TPSA) is 49.4 Å². The third kappa shape index (κ3) is 2.94. The van der Waals surface area contributed by atoms with E-state index in [0.717, 1.165) is 32.2 Å². The van der Waals surface area contributed by atoms with Crippen LogP contribution in [0.15, 0.2) is 11.8 Å². The second-order valence-electron chi connectivity index (χ2n) is 11.2. The second kappa shape index (κ2) is 6.09. The first-order valence-corrected chi connectivity index (χ1v) is 10.9. The molecule has 4 nitrogen and oxygen atoms in total. The SMILES string of the molecule is CC(C)(C)CC(=O)N1CC[C@H]2[C@@H]3CC=C4NC(=O)CC[C@]4(C)[C@H]3CC[C@@]21C. The molecule has 0 aromatic rings. The number of hydrogen-bond acceptors (Lipinski definition) is 2. The number of nitrogens with one attached hydrogen (secondary N) is 1. The van der Waals surface area contributed by atoms with Crippen LogP contribution in [0.25, 0.3) is 0 Å². The number of hydrogen-bond donors (Lipinski definition) is 1. The number of fused-ring (bicyclic) bond motifs is 5. The summed E-state index contributed by atoms with van der Waals surface area (Å²) in [6, 6.07) is 0. The quantitative estimate of drug-likeness (QED) is 0.748. The zero-order valence-corrected chi connectivity index (χ0v) is 17.7. The highest BCUT2D eigenvalue weighted by Gasteiger charge is 2.59. The summed E-state index contributed by atoms with van der Waals surface area (Å²) in [5, 5.41) is 3.17. The van der Waals surface area contributed by atoms with E-state index in [-0.39, 0.29) is 22.3 Å². The summed E-state index contributed by atoms with van der Waals surface area (Å²) < 4.78 is 0. The lowest BCUT2D eigenvalue weighted by atomic mass is 9.51. The fourth-order valence-electron chi connectivity index (χ4n) is 6.84. The average Bonchev–Trinajstić information content (AvgIpc) is 2.91. The van der Waals surface area contributed by atoms with Crippen molar-refractivity contribution in [2.45, 2.75) is 85.1 Å². The van der Waals surface area contributed by atoms with E-state index >= 15 is 0 Å². The Bertz CT molecular complexity index is 691. The lowest BCUT2D eigenvalue weighted by Gasteiger charge is -2.57. The number of allylic oxidation sites excluding steroid dienone is 2. The molecule has 0 radical (unpaired) electrons. The third-order valence-electron chi connectivity index (χ3n) is 8.23. The van der Waals surface area contributed by atoms with E-state index in [0.29, 0.717) is 36.5 Å². The molecule has 1 saturated carbocycles. The minimum absolute atomic E-state index is 0.0170. The van der Waals surface area contributed by atoms with Crippen molar-refractivity contribution in [2.75, 3.05) is 6.54 Å². The van der Waals surface area contributed by atoms with Crippen molar-refractivity contribution in [3.05, 3.63) is 11.8 Å². The molecule has 2 saturated heterocycles. The monoisotopic (exact) mass is 372 g/mol. The van der Waals surface area contributed by atoms with Crippen molar-refractivity contribution in [3.63, 3.8) is 0 Å². The van der Waals surface area contributed by atoms with Crippen molar-refractivity contribution in [1.29, 1.82) is 0 Å². The Morgan fingerprint density at radius 1 is 1.22 bits per heavy atom. The lowest BCUT2D eigenvalue weighted by molar-refractivity contribution is -0.141. The molecule has 0 aromatic heterocycles. The van der Waals surface area contributed by atoms with Gasteiger partial charge in [0.1, 0.15) is 0 Å². The van der Waals surface area contributed by atoms with Crippen LogP contribution in [0.5, 0.6) is 0 Å². The predicted octanol–water partition coefficient (Wildman–Crippen LogP) is 4.26. The maximum Gasteiger partial charge on any atom is 0.224 e. The Morgan fingerprint density at radius 2 is 1.96 bits per heavy atom. The summed E-state index contributed by atoms with van der Waals surface area (Å²) >= 11 is 0. The van der Waals surface area contributed by atoms with Crippen molar-refractivity contribution in [1.82, 2.24) is 10.2 Å². The van der Waals surface area contributed by atoms with Gasteiger partial charge in [0.25, 0.3) is 0 Å². The van der Waals surface area contributed by atoms with Crippen LogP contribution in [0, 0.1) is 28.6 Å².